The van der Waals surface area contributed by atoms with Gasteiger partial charge < -0.3 is 10.4 Å². The molecule has 0 radical (unpaired) electrons. The van der Waals surface area contributed by atoms with Gasteiger partial charge in [0.1, 0.15) is 0 Å². The van der Waals surface area contributed by atoms with Crippen LogP contribution >= 0.6 is 11.8 Å². The van der Waals surface area contributed by atoms with Crippen LogP contribution in [0.5, 0.6) is 0 Å². The van der Waals surface area contributed by atoms with Crippen LogP contribution in [0, 0.1) is 0 Å². The van der Waals surface area contributed by atoms with E-state index in [2.05, 4.69) is 19.2 Å². The number of hydrogen-bond donors (Lipinski definition) is 2. The maximum Gasteiger partial charge on any atom is 0.0438 e. The minimum absolute atomic E-state index is 0.328. The van der Waals surface area contributed by atoms with Gasteiger partial charge in [0.15, 0.2) is 0 Å². The second-order valence-corrected chi connectivity index (χ2v) is 5.62. The fourth-order valence-corrected chi connectivity index (χ4v) is 2.43. The highest BCUT2D eigenvalue weighted by molar-refractivity contribution is 7.99. The second kappa shape index (κ2) is 13.3. The van der Waals surface area contributed by atoms with Crippen molar-refractivity contribution in [3.63, 3.8) is 0 Å². The van der Waals surface area contributed by atoms with Gasteiger partial charge in [0, 0.05) is 24.9 Å². The molecule has 98 valence electrons. The van der Waals surface area contributed by atoms with E-state index < -0.39 is 0 Å². The van der Waals surface area contributed by atoms with Crippen LogP contribution in [0.25, 0.3) is 0 Å². The van der Waals surface area contributed by atoms with E-state index in [1.807, 2.05) is 11.8 Å². The number of rotatable bonds is 12. The summed E-state index contributed by atoms with van der Waals surface area (Å²) in [5, 5.41) is 12.2. The molecule has 0 saturated heterocycles. The first kappa shape index (κ1) is 16.3. The smallest absolute Gasteiger partial charge is 0.0438 e. The summed E-state index contributed by atoms with van der Waals surface area (Å²) < 4.78 is 0. The number of hydrogen-bond acceptors (Lipinski definition) is 3. The molecule has 0 rings (SSSR count). The maximum absolute atomic E-state index is 8.62. The van der Waals surface area contributed by atoms with Crippen LogP contribution in [-0.2, 0) is 0 Å². The lowest BCUT2D eigenvalue weighted by Crippen LogP contribution is -2.28. The SMILES string of the molecule is CCCCCCC(C)NCCSCCCO. The van der Waals surface area contributed by atoms with Gasteiger partial charge in [-0.15, -0.1) is 0 Å². The van der Waals surface area contributed by atoms with Crippen LogP contribution in [0.1, 0.15) is 52.4 Å². The highest BCUT2D eigenvalue weighted by Crippen LogP contribution is 2.05. The quantitative estimate of drug-likeness (QED) is 0.520. The van der Waals surface area contributed by atoms with Crippen molar-refractivity contribution in [1.82, 2.24) is 5.32 Å². The Balaban J connectivity index is 3.08. The van der Waals surface area contributed by atoms with E-state index in [1.165, 1.54) is 37.9 Å². The first-order valence-electron chi connectivity index (χ1n) is 6.73. The van der Waals surface area contributed by atoms with Crippen molar-refractivity contribution in [2.75, 3.05) is 24.7 Å². The third-order valence-corrected chi connectivity index (χ3v) is 3.75. The fourth-order valence-electron chi connectivity index (χ4n) is 1.63. The molecule has 0 bridgehead atoms. The predicted molar refractivity (Wildman–Crippen MR) is 75.3 cm³/mol. The van der Waals surface area contributed by atoms with Crippen LogP contribution in [-0.4, -0.2) is 35.8 Å². The Kier molecular flexibility index (Phi) is 13.6. The molecule has 3 heteroatoms. The molecule has 0 aliphatic heterocycles. The number of unbranched alkanes of at least 4 members (excludes halogenated alkanes) is 3. The summed E-state index contributed by atoms with van der Waals surface area (Å²) in [6.07, 6.45) is 7.68. The topological polar surface area (TPSA) is 32.3 Å². The van der Waals surface area contributed by atoms with Crippen molar-refractivity contribution in [2.45, 2.75) is 58.4 Å². The molecule has 2 nitrogen and oxygen atoms in total. The third kappa shape index (κ3) is 12.3. The van der Waals surface area contributed by atoms with Crippen LogP contribution in [0.15, 0.2) is 0 Å². The van der Waals surface area contributed by atoms with Gasteiger partial charge in [-0.1, -0.05) is 32.6 Å². The Morgan fingerprint density at radius 1 is 1.12 bits per heavy atom. The number of nitrogens with one attached hydrogen (secondary N) is 1. The van der Waals surface area contributed by atoms with Gasteiger partial charge in [0.05, 0.1) is 0 Å². The Morgan fingerprint density at radius 2 is 1.94 bits per heavy atom. The zero-order chi connectivity index (χ0) is 12.1. The van der Waals surface area contributed by atoms with Gasteiger partial charge in [-0.25, -0.2) is 0 Å². The molecule has 0 fully saturated rings. The van der Waals surface area contributed by atoms with Gasteiger partial charge in [-0.05, 0) is 25.5 Å². The average Bonchev–Trinajstić information content (AvgIpc) is 2.29. The van der Waals surface area contributed by atoms with E-state index in [0.717, 1.165) is 18.7 Å². The van der Waals surface area contributed by atoms with E-state index >= 15 is 0 Å². The van der Waals surface area contributed by atoms with E-state index in [4.69, 9.17) is 5.11 Å². The molecule has 0 aromatic heterocycles. The minimum Gasteiger partial charge on any atom is -0.396 e. The molecule has 0 aromatic rings. The van der Waals surface area contributed by atoms with Crippen LogP contribution in [0.2, 0.25) is 0 Å². The molecule has 0 heterocycles. The molecule has 2 N–H and O–H groups in total. The zero-order valence-corrected chi connectivity index (χ0v) is 11.8. The number of aliphatic hydroxyl groups is 1. The van der Waals surface area contributed by atoms with Crippen molar-refractivity contribution in [3.8, 4) is 0 Å². The molecule has 0 saturated carbocycles. The molecular formula is C13H29NOS. The molecule has 1 unspecified atom stereocenters. The highest BCUT2D eigenvalue weighted by Gasteiger charge is 2.00. The molecule has 0 spiro atoms. The summed E-state index contributed by atoms with van der Waals surface area (Å²) in [5.41, 5.74) is 0. The normalized spacial score (nSPS) is 12.9. The van der Waals surface area contributed by atoms with Gasteiger partial charge in [0.25, 0.3) is 0 Å². The van der Waals surface area contributed by atoms with Crippen LogP contribution in [0.4, 0.5) is 0 Å². The lowest BCUT2D eigenvalue weighted by Gasteiger charge is -2.13. The lowest BCUT2D eigenvalue weighted by atomic mass is 10.1. The summed E-state index contributed by atoms with van der Waals surface area (Å²) in [7, 11) is 0. The van der Waals surface area contributed by atoms with Gasteiger partial charge in [0.2, 0.25) is 0 Å². The molecule has 16 heavy (non-hydrogen) atoms. The van der Waals surface area contributed by atoms with Crippen molar-refractivity contribution < 1.29 is 5.11 Å². The summed E-state index contributed by atoms with van der Waals surface area (Å²) in [4.78, 5) is 0. The first-order valence-corrected chi connectivity index (χ1v) is 7.88. The Bertz CT molecular complexity index is 133. The number of thioether (sulfide) groups is 1. The molecular weight excluding hydrogens is 218 g/mol. The molecule has 0 aromatic carbocycles. The highest BCUT2D eigenvalue weighted by atomic mass is 32.2. The summed E-state index contributed by atoms with van der Waals surface area (Å²) in [6, 6.07) is 0.662. The largest absolute Gasteiger partial charge is 0.396 e. The van der Waals surface area contributed by atoms with E-state index in [0.29, 0.717) is 12.6 Å². The molecule has 1 atom stereocenters. The van der Waals surface area contributed by atoms with Crippen molar-refractivity contribution in [3.05, 3.63) is 0 Å². The van der Waals surface area contributed by atoms with Crippen molar-refractivity contribution in [2.24, 2.45) is 0 Å². The monoisotopic (exact) mass is 247 g/mol. The van der Waals surface area contributed by atoms with Gasteiger partial charge in [-0.2, -0.15) is 11.8 Å². The summed E-state index contributed by atoms with van der Waals surface area (Å²) in [6.45, 7) is 5.97. The van der Waals surface area contributed by atoms with E-state index in [1.54, 1.807) is 0 Å². The maximum atomic E-state index is 8.62. The van der Waals surface area contributed by atoms with Crippen LogP contribution in [0.3, 0.4) is 0 Å². The Morgan fingerprint density at radius 3 is 2.62 bits per heavy atom. The second-order valence-electron chi connectivity index (χ2n) is 4.39. The van der Waals surface area contributed by atoms with E-state index in [-0.39, 0.29) is 0 Å². The number of aliphatic hydroxyl groups excluding tert-OH is 1. The van der Waals surface area contributed by atoms with Crippen molar-refractivity contribution in [1.29, 1.82) is 0 Å². The summed E-state index contributed by atoms with van der Waals surface area (Å²) >= 11 is 1.93. The standard InChI is InChI=1S/C13H29NOS/c1-3-4-5-6-8-13(2)14-9-12-16-11-7-10-15/h13-15H,3-12H2,1-2H3. The fraction of sp³-hybridized carbons (Fsp3) is 1.00. The van der Waals surface area contributed by atoms with Gasteiger partial charge >= 0.3 is 0 Å². The third-order valence-electron chi connectivity index (χ3n) is 2.68. The summed E-state index contributed by atoms with van der Waals surface area (Å²) in [5.74, 6) is 2.25. The Hall–Kier alpha value is 0.270. The minimum atomic E-state index is 0.328. The van der Waals surface area contributed by atoms with E-state index in [9.17, 15) is 0 Å². The first-order chi connectivity index (χ1) is 7.81. The van der Waals surface area contributed by atoms with Gasteiger partial charge in [-0.3, -0.25) is 0 Å². The Labute approximate surface area is 106 Å². The lowest BCUT2D eigenvalue weighted by molar-refractivity contribution is 0.296. The average molecular weight is 247 g/mol. The predicted octanol–water partition coefficient (Wildman–Crippen LogP) is 3.05. The molecule has 0 amide bonds. The van der Waals surface area contributed by atoms with Crippen molar-refractivity contribution >= 4 is 11.8 Å². The van der Waals surface area contributed by atoms with Crippen LogP contribution < -0.4 is 5.32 Å². The zero-order valence-electron chi connectivity index (χ0n) is 11.0. The molecule has 0 aliphatic rings. The molecule has 0 aliphatic carbocycles.